The molecule has 0 saturated carbocycles. The number of carbonyl (C=O) groups excluding carboxylic acids is 1. The van der Waals surface area contributed by atoms with Gasteiger partial charge in [0.05, 0.1) is 5.52 Å². The summed E-state index contributed by atoms with van der Waals surface area (Å²) < 4.78 is 7.49. The minimum Gasteiger partial charge on any atom is -0.483 e. The lowest BCUT2D eigenvalue weighted by Crippen LogP contribution is -2.35. The van der Waals surface area contributed by atoms with Crippen molar-refractivity contribution in [1.82, 2.24) is 4.57 Å². The monoisotopic (exact) mass is 364 g/mol. The first-order valence-electron chi connectivity index (χ1n) is 9.18. The number of ether oxygens (including phenoxy) is 1. The summed E-state index contributed by atoms with van der Waals surface area (Å²) in [5, 5.41) is 0.825. The summed E-state index contributed by atoms with van der Waals surface area (Å²) in [5.41, 5.74) is 2.58. The van der Waals surface area contributed by atoms with Gasteiger partial charge < -0.3 is 14.2 Å². The largest absolute Gasteiger partial charge is 0.483 e. The zero-order valence-corrected chi connectivity index (χ0v) is 15.9. The number of benzene rings is 2. The molecule has 140 valence electrons. The van der Waals surface area contributed by atoms with E-state index in [0.717, 1.165) is 22.2 Å². The smallest absolute Gasteiger partial charge is 0.264 e. The molecule has 0 unspecified atom stereocenters. The fourth-order valence-electron chi connectivity index (χ4n) is 3.31. The standard InChI is InChI=1S/C22H24N2O3/c1-4-23(18-12-8-6-10-16(18)3)22(26)15-27-20-14-21(25)24(5-2)19-13-9-7-11-17(19)20/h6-14H,4-5,15H2,1-3H3. The zero-order valence-electron chi connectivity index (χ0n) is 15.9. The van der Waals surface area contributed by atoms with Crippen LogP contribution in [-0.2, 0) is 11.3 Å². The highest BCUT2D eigenvalue weighted by Crippen LogP contribution is 2.24. The topological polar surface area (TPSA) is 51.5 Å². The lowest BCUT2D eigenvalue weighted by Gasteiger charge is -2.23. The van der Waals surface area contributed by atoms with Gasteiger partial charge in [0, 0.05) is 30.2 Å². The molecule has 3 rings (SSSR count). The maximum atomic E-state index is 12.8. The van der Waals surface area contributed by atoms with Gasteiger partial charge in [0.15, 0.2) is 6.61 Å². The lowest BCUT2D eigenvalue weighted by molar-refractivity contribution is -0.120. The second-order valence-corrected chi connectivity index (χ2v) is 6.32. The number of amides is 1. The number of nitrogens with zero attached hydrogens (tertiary/aromatic N) is 2. The third kappa shape index (κ3) is 3.72. The van der Waals surface area contributed by atoms with Gasteiger partial charge >= 0.3 is 0 Å². The number of anilines is 1. The summed E-state index contributed by atoms with van der Waals surface area (Å²) in [6.07, 6.45) is 0. The molecule has 0 radical (unpaired) electrons. The molecule has 0 atom stereocenters. The van der Waals surface area contributed by atoms with Crippen LogP contribution < -0.4 is 15.2 Å². The molecule has 1 aromatic heterocycles. The molecule has 5 heteroatoms. The number of rotatable bonds is 6. The van der Waals surface area contributed by atoms with Crippen molar-refractivity contribution < 1.29 is 9.53 Å². The minimum atomic E-state index is -0.143. The van der Waals surface area contributed by atoms with Crippen molar-refractivity contribution in [3.8, 4) is 5.75 Å². The number of pyridine rings is 1. The van der Waals surface area contributed by atoms with Crippen LogP contribution in [-0.4, -0.2) is 23.6 Å². The van der Waals surface area contributed by atoms with Crippen molar-refractivity contribution in [2.75, 3.05) is 18.1 Å². The van der Waals surface area contributed by atoms with Crippen LogP contribution in [0.5, 0.6) is 5.75 Å². The van der Waals surface area contributed by atoms with E-state index in [2.05, 4.69) is 0 Å². The maximum absolute atomic E-state index is 12.8. The van der Waals surface area contributed by atoms with Crippen LogP contribution in [0.1, 0.15) is 19.4 Å². The number of carbonyl (C=O) groups is 1. The predicted molar refractivity (Wildman–Crippen MR) is 109 cm³/mol. The van der Waals surface area contributed by atoms with Gasteiger partial charge in [-0.1, -0.05) is 30.3 Å². The van der Waals surface area contributed by atoms with Gasteiger partial charge in [0.25, 0.3) is 11.5 Å². The molecule has 0 fully saturated rings. The van der Waals surface area contributed by atoms with Gasteiger partial charge in [0.2, 0.25) is 0 Å². The van der Waals surface area contributed by atoms with E-state index in [-0.39, 0.29) is 18.1 Å². The van der Waals surface area contributed by atoms with Crippen LogP contribution in [0.2, 0.25) is 0 Å². The molecular formula is C22H24N2O3. The van der Waals surface area contributed by atoms with Crippen molar-refractivity contribution in [1.29, 1.82) is 0 Å². The number of fused-ring (bicyclic) bond motifs is 1. The molecule has 2 aromatic carbocycles. The zero-order chi connectivity index (χ0) is 19.4. The van der Waals surface area contributed by atoms with Crippen LogP contribution in [0.25, 0.3) is 10.9 Å². The second kappa shape index (κ2) is 8.08. The van der Waals surface area contributed by atoms with Crippen LogP contribution in [0.4, 0.5) is 5.69 Å². The number of likely N-dealkylation sites (N-methyl/N-ethyl adjacent to an activating group) is 1. The molecular weight excluding hydrogens is 340 g/mol. The summed E-state index contributed by atoms with van der Waals surface area (Å²) in [5.74, 6) is 0.296. The quantitative estimate of drug-likeness (QED) is 0.669. The van der Waals surface area contributed by atoms with Crippen molar-refractivity contribution in [2.24, 2.45) is 0 Å². The Balaban J connectivity index is 1.87. The van der Waals surface area contributed by atoms with Crippen LogP contribution in [0, 0.1) is 6.92 Å². The van der Waals surface area contributed by atoms with E-state index in [1.165, 1.54) is 6.07 Å². The Morgan fingerprint density at radius 3 is 2.48 bits per heavy atom. The highest BCUT2D eigenvalue weighted by atomic mass is 16.5. The third-order valence-electron chi connectivity index (χ3n) is 4.67. The first-order valence-corrected chi connectivity index (χ1v) is 9.18. The summed E-state index contributed by atoms with van der Waals surface area (Å²) in [6, 6.07) is 16.8. The summed E-state index contributed by atoms with van der Waals surface area (Å²) in [4.78, 5) is 26.8. The molecule has 27 heavy (non-hydrogen) atoms. The highest BCUT2D eigenvalue weighted by Gasteiger charge is 2.17. The SMILES string of the molecule is CCN(C(=O)COc1cc(=O)n(CC)c2ccccc12)c1ccccc1C. The molecule has 1 heterocycles. The Morgan fingerprint density at radius 2 is 1.78 bits per heavy atom. The Hall–Kier alpha value is -3.08. The van der Waals surface area contributed by atoms with Crippen molar-refractivity contribution in [2.45, 2.75) is 27.3 Å². The van der Waals surface area contributed by atoms with E-state index in [1.807, 2.05) is 69.3 Å². The van der Waals surface area contributed by atoms with E-state index in [0.29, 0.717) is 18.8 Å². The summed E-state index contributed by atoms with van der Waals surface area (Å²) in [6.45, 7) is 6.84. The number of hydrogen-bond acceptors (Lipinski definition) is 3. The molecule has 1 amide bonds. The first kappa shape index (κ1) is 18.7. The molecule has 0 saturated heterocycles. The van der Waals surface area contributed by atoms with Crippen molar-refractivity contribution in [3.05, 3.63) is 70.5 Å². The van der Waals surface area contributed by atoms with Gasteiger partial charge in [-0.15, -0.1) is 0 Å². The van der Waals surface area contributed by atoms with Gasteiger partial charge in [-0.25, -0.2) is 0 Å². The molecule has 0 N–H and O–H groups in total. The Morgan fingerprint density at radius 1 is 1.07 bits per heavy atom. The van der Waals surface area contributed by atoms with Gasteiger partial charge in [0.1, 0.15) is 5.75 Å². The Labute approximate surface area is 158 Å². The normalized spacial score (nSPS) is 10.8. The molecule has 0 aliphatic heterocycles. The Kier molecular flexibility index (Phi) is 5.60. The molecule has 5 nitrogen and oxygen atoms in total. The highest BCUT2D eigenvalue weighted by molar-refractivity contribution is 5.95. The second-order valence-electron chi connectivity index (χ2n) is 6.32. The molecule has 0 aliphatic carbocycles. The van der Waals surface area contributed by atoms with Gasteiger partial charge in [-0.2, -0.15) is 0 Å². The van der Waals surface area contributed by atoms with Gasteiger partial charge in [-0.3, -0.25) is 9.59 Å². The molecule has 0 bridgehead atoms. The van der Waals surface area contributed by atoms with Gasteiger partial charge in [-0.05, 0) is 44.5 Å². The summed E-state index contributed by atoms with van der Waals surface area (Å²) in [7, 11) is 0. The van der Waals surface area contributed by atoms with E-state index in [1.54, 1.807) is 9.47 Å². The predicted octanol–water partition coefficient (Wildman–Crippen LogP) is 3.76. The van der Waals surface area contributed by atoms with Crippen LogP contribution >= 0.6 is 0 Å². The number of aryl methyl sites for hydroxylation is 2. The average molecular weight is 364 g/mol. The van der Waals surface area contributed by atoms with Crippen LogP contribution in [0.15, 0.2) is 59.4 Å². The summed E-state index contributed by atoms with van der Waals surface area (Å²) >= 11 is 0. The fraction of sp³-hybridized carbons (Fsp3) is 0.273. The minimum absolute atomic E-state index is 0.123. The lowest BCUT2D eigenvalue weighted by atomic mass is 10.2. The number of para-hydroxylation sites is 2. The van der Waals surface area contributed by atoms with E-state index in [4.69, 9.17) is 4.74 Å². The maximum Gasteiger partial charge on any atom is 0.264 e. The molecule has 0 spiro atoms. The van der Waals surface area contributed by atoms with E-state index >= 15 is 0 Å². The molecule has 3 aromatic rings. The first-order chi connectivity index (χ1) is 13.1. The Bertz CT molecular complexity index is 1020. The van der Waals surface area contributed by atoms with Crippen molar-refractivity contribution in [3.63, 3.8) is 0 Å². The van der Waals surface area contributed by atoms with Crippen LogP contribution in [0.3, 0.4) is 0 Å². The van der Waals surface area contributed by atoms with E-state index in [9.17, 15) is 9.59 Å². The number of aromatic nitrogens is 1. The molecule has 0 aliphatic rings. The van der Waals surface area contributed by atoms with Crippen molar-refractivity contribution >= 4 is 22.5 Å². The average Bonchev–Trinajstić information content (AvgIpc) is 2.68. The third-order valence-corrected chi connectivity index (χ3v) is 4.67. The number of hydrogen-bond donors (Lipinski definition) is 0. The fourth-order valence-corrected chi connectivity index (χ4v) is 3.31. The van der Waals surface area contributed by atoms with E-state index < -0.39 is 0 Å².